The van der Waals surface area contributed by atoms with Gasteiger partial charge in [-0.3, -0.25) is 4.79 Å². The number of halogens is 3. The van der Waals surface area contributed by atoms with Crippen molar-refractivity contribution in [2.75, 3.05) is 7.05 Å². The lowest BCUT2D eigenvalue weighted by Crippen LogP contribution is -2.42. The number of rotatable bonds is 3. The maximum Gasteiger partial charge on any atom is 0.391 e. The molecule has 3 nitrogen and oxygen atoms in total. The van der Waals surface area contributed by atoms with Crippen LogP contribution in [0.15, 0.2) is 0 Å². The summed E-state index contributed by atoms with van der Waals surface area (Å²) in [5.74, 6) is -0.887. The lowest BCUT2D eigenvalue weighted by atomic mass is 10.1. The summed E-state index contributed by atoms with van der Waals surface area (Å²) in [6.07, 6.45) is -5.61. The molecule has 0 aromatic carbocycles. The second kappa shape index (κ2) is 4.83. The van der Waals surface area contributed by atoms with Crippen molar-refractivity contribution >= 4 is 5.97 Å². The molecular formula is C9H16F3NO2. The lowest BCUT2D eigenvalue weighted by molar-refractivity contribution is -0.170. The van der Waals surface area contributed by atoms with Gasteiger partial charge < -0.3 is 10.1 Å². The van der Waals surface area contributed by atoms with Gasteiger partial charge in [-0.25, -0.2) is 0 Å². The number of hydrogen-bond donors (Lipinski definition) is 1. The van der Waals surface area contributed by atoms with E-state index in [1.165, 1.54) is 7.05 Å². The van der Waals surface area contributed by atoms with Crippen molar-refractivity contribution < 1.29 is 22.7 Å². The largest absolute Gasteiger partial charge is 0.459 e. The smallest absolute Gasteiger partial charge is 0.391 e. The molecule has 0 saturated carbocycles. The highest BCUT2D eigenvalue weighted by molar-refractivity contribution is 5.76. The fourth-order valence-corrected chi connectivity index (χ4v) is 0.908. The molecule has 0 bridgehead atoms. The lowest BCUT2D eigenvalue weighted by Gasteiger charge is -2.24. The molecule has 0 radical (unpaired) electrons. The summed E-state index contributed by atoms with van der Waals surface area (Å²) in [6, 6.07) is -1.34. The average molecular weight is 227 g/mol. The Morgan fingerprint density at radius 3 is 2.07 bits per heavy atom. The summed E-state index contributed by atoms with van der Waals surface area (Å²) >= 11 is 0. The van der Waals surface area contributed by atoms with Crippen molar-refractivity contribution in [2.45, 2.75) is 45.0 Å². The van der Waals surface area contributed by atoms with Gasteiger partial charge in [-0.05, 0) is 27.8 Å². The highest BCUT2D eigenvalue weighted by Gasteiger charge is 2.36. The first-order chi connectivity index (χ1) is 6.55. The van der Waals surface area contributed by atoms with Gasteiger partial charge in [-0.15, -0.1) is 0 Å². The molecule has 0 rings (SSSR count). The van der Waals surface area contributed by atoms with Crippen molar-refractivity contribution in [3.8, 4) is 0 Å². The van der Waals surface area contributed by atoms with Crippen molar-refractivity contribution in [1.82, 2.24) is 5.32 Å². The van der Waals surface area contributed by atoms with E-state index in [-0.39, 0.29) is 0 Å². The molecule has 15 heavy (non-hydrogen) atoms. The maximum absolute atomic E-state index is 12.0. The Kier molecular flexibility index (Phi) is 4.58. The van der Waals surface area contributed by atoms with E-state index < -0.39 is 30.2 Å². The van der Waals surface area contributed by atoms with Gasteiger partial charge >= 0.3 is 12.1 Å². The number of esters is 1. The fraction of sp³-hybridized carbons (Fsp3) is 0.889. The molecule has 0 spiro atoms. The van der Waals surface area contributed by atoms with Gasteiger partial charge in [0, 0.05) is 0 Å². The topological polar surface area (TPSA) is 38.3 Å². The van der Waals surface area contributed by atoms with Gasteiger partial charge in [0.15, 0.2) is 0 Å². The van der Waals surface area contributed by atoms with Gasteiger partial charge in [0.1, 0.15) is 11.6 Å². The Bertz CT molecular complexity index is 220. The minimum absolute atomic E-state index is 0.780. The number of ether oxygens (including phenoxy) is 1. The molecule has 0 fully saturated rings. The first kappa shape index (κ1) is 14.2. The summed E-state index contributed by atoms with van der Waals surface area (Å²) in [4.78, 5) is 11.3. The Morgan fingerprint density at radius 2 is 1.80 bits per heavy atom. The third kappa shape index (κ3) is 7.18. The van der Waals surface area contributed by atoms with Crippen LogP contribution in [-0.2, 0) is 9.53 Å². The maximum atomic E-state index is 12.0. The average Bonchev–Trinajstić information content (AvgIpc) is 1.94. The van der Waals surface area contributed by atoms with E-state index in [4.69, 9.17) is 4.74 Å². The second-order valence-electron chi connectivity index (χ2n) is 4.19. The van der Waals surface area contributed by atoms with Crippen LogP contribution < -0.4 is 5.32 Å². The molecule has 0 aliphatic rings. The van der Waals surface area contributed by atoms with Gasteiger partial charge in [0.2, 0.25) is 0 Å². The van der Waals surface area contributed by atoms with Crippen molar-refractivity contribution in [1.29, 1.82) is 0 Å². The quantitative estimate of drug-likeness (QED) is 0.748. The number of hydrogen-bond acceptors (Lipinski definition) is 3. The van der Waals surface area contributed by atoms with Gasteiger partial charge in [-0.2, -0.15) is 13.2 Å². The number of carbonyl (C=O) groups is 1. The van der Waals surface area contributed by atoms with Crippen molar-refractivity contribution in [3.05, 3.63) is 0 Å². The monoisotopic (exact) mass is 227 g/mol. The molecule has 0 saturated heterocycles. The minimum atomic E-state index is -4.38. The van der Waals surface area contributed by atoms with Gasteiger partial charge in [0.25, 0.3) is 0 Å². The van der Waals surface area contributed by atoms with E-state index in [0.717, 1.165) is 0 Å². The standard InChI is InChI=1S/C9H16F3NO2/c1-8(2,3)15-7(14)6(13-4)5-9(10,11)12/h6,13H,5H2,1-4H3. The van der Waals surface area contributed by atoms with E-state index in [9.17, 15) is 18.0 Å². The minimum Gasteiger partial charge on any atom is -0.459 e. The summed E-state index contributed by atoms with van der Waals surface area (Å²) in [5, 5.41) is 2.29. The van der Waals surface area contributed by atoms with Gasteiger partial charge in [0.05, 0.1) is 6.42 Å². The summed E-state index contributed by atoms with van der Waals surface area (Å²) in [5.41, 5.74) is -0.780. The number of likely N-dealkylation sites (N-methyl/N-ethyl adjacent to an activating group) is 1. The molecule has 0 aliphatic heterocycles. The molecule has 0 heterocycles. The zero-order chi connectivity index (χ0) is 12.3. The normalized spacial score (nSPS) is 14.9. The SMILES string of the molecule is CNC(CC(F)(F)F)C(=O)OC(C)(C)C. The van der Waals surface area contributed by atoms with E-state index in [0.29, 0.717) is 0 Å². The number of nitrogens with one attached hydrogen (secondary N) is 1. The van der Waals surface area contributed by atoms with Gasteiger partial charge in [-0.1, -0.05) is 0 Å². The molecule has 6 heteroatoms. The van der Waals surface area contributed by atoms with Crippen LogP contribution in [0.3, 0.4) is 0 Å². The van der Waals surface area contributed by atoms with E-state index in [1.54, 1.807) is 20.8 Å². The molecule has 0 aromatic rings. The molecule has 90 valence electrons. The third-order valence-corrected chi connectivity index (χ3v) is 1.48. The Hall–Kier alpha value is -0.780. The summed E-state index contributed by atoms with van der Waals surface area (Å²) in [7, 11) is 1.29. The van der Waals surface area contributed by atoms with Crippen LogP contribution in [0.1, 0.15) is 27.2 Å². The Balaban J connectivity index is 4.36. The zero-order valence-electron chi connectivity index (χ0n) is 9.23. The summed E-state index contributed by atoms with van der Waals surface area (Å²) < 4.78 is 40.9. The van der Waals surface area contributed by atoms with Crippen LogP contribution in [0.25, 0.3) is 0 Å². The zero-order valence-corrected chi connectivity index (χ0v) is 9.23. The van der Waals surface area contributed by atoms with Crippen molar-refractivity contribution in [2.24, 2.45) is 0 Å². The molecule has 1 atom stereocenters. The highest BCUT2D eigenvalue weighted by atomic mass is 19.4. The van der Waals surface area contributed by atoms with E-state index >= 15 is 0 Å². The van der Waals surface area contributed by atoms with Crippen LogP contribution in [0.2, 0.25) is 0 Å². The van der Waals surface area contributed by atoms with E-state index in [1.807, 2.05) is 0 Å². The van der Waals surface area contributed by atoms with Crippen molar-refractivity contribution in [3.63, 3.8) is 0 Å². The molecule has 1 N–H and O–H groups in total. The molecule has 0 aromatic heterocycles. The molecule has 1 unspecified atom stereocenters. The predicted octanol–water partition coefficient (Wildman–Crippen LogP) is 1.87. The summed E-state index contributed by atoms with van der Waals surface area (Å²) in [6.45, 7) is 4.81. The van der Waals surface area contributed by atoms with Crippen LogP contribution in [-0.4, -0.2) is 30.8 Å². The number of carbonyl (C=O) groups excluding carboxylic acids is 1. The Labute approximate surface area is 87.0 Å². The highest BCUT2D eigenvalue weighted by Crippen LogP contribution is 2.22. The molecule has 0 aliphatic carbocycles. The third-order valence-electron chi connectivity index (χ3n) is 1.48. The van der Waals surface area contributed by atoms with E-state index in [2.05, 4.69) is 5.32 Å². The Morgan fingerprint density at radius 1 is 1.33 bits per heavy atom. The van der Waals surface area contributed by atoms with Crippen LogP contribution in [0.5, 0.6) is 0 Å². The van der Waals surface area contributed by atoms with Crippen LogP contribution in [0, 0.1) is 0 Å². The fourth-order valence-electron chi connectivity index (χ4n) is 0.908. The molecular weight excluding hydrogens is 211 g/mol. The second-order valence-corrected chi connectivity index (χ2v) is 4.19. The first-order valence-electron chi connectivity index (χ1n) is 4.52. The molecule has 0 amide bonds. The van der Waals surface area contributed by atoms with Crippen LogP contribution >= 0.6 is 0 Å². The predicted molar refractivity (Wildman–Crippen MR) is 49.4 cm³/mol. The van der Waals surface area contributed by atoms with Crippen LogP contribution in [0.4, 0.5) is 13.2 Å². The first-order valence-corrected chi connectivity index (χ1v) is 4.52. The number of alkyl halides is 3.